The van der Waals surface area contributed by atoms with E-state index in [2.05, 4.69) is 0 Å². The van der Waals surface area contributed by atoms with Crippen LogP contribution < -0.4 is 5.46 Å². The summed E-state index contributed by atoms with van der Waals surface area (Å²) < 4.78 is 0. The molecule has 0 N–H and O–H groups in total. The monoisotopic (exact) mass is 156 g/mol. The molecule has 58 valence electrons. The Kier molecular flexibility index (Phi) is 1.76. The van der Waals surface area contributed by atoms with Crippen molar-refractivity contribution in [1.82, 2.24) is 0 Å². The molecule has 0 atom stereocenters. The van der Waals surface area contributed by atoms with Gasteiger partial charge in [-0.25, -0.2) is 0 Å². The molecule has 1 nitrogen and oxygen atoms in total. The quantitative estimate of drug-likeness (QED) is 0.501. The molecular weight excluding hydrogens is 147 g/mol. The van der Waals surface area contributed by atoms with Crippen LogP contribution in [0.15, 0.2) is 18.2 Å². The van der Waals surface area contributed by atoms with Gasteiger partial charge in [0.1, 0.15) is 13.6 Å². The highest BCUT2D eigenvalue weighted by Crippen LogP contribution is 2.17. The van der Waals surface area contributed by atoms with Crippen LogP contribution in [-0.4, -0.2) is 13.6 Å². The Morgan fingerprint density at radius 1 is 1.17 bits per heavy atom. The van der Waals surface area contributed by atoms with Crippen molar-refractivity contribution in [3.8, 4) is 0 Å². The molecule has 0 bridgehead atoms. The van der Waals surface area contributed by atoms with Crippen LogP contribution in [0, 0.1) is 0 Å². The maximum Gasteiger partial charge on any atom is 0.137 e. The van der Waals surface area contributed by atoms with Crippen LogP contribution in [0.25, 0.3) is 0 Å². The minimum Gasteiger partial charge on any atom is -0.299 e. The van der Waals surface area contributed by atoms with E-state index >= 15 is 0 Å². The first-order valence-corrected chi connectivity index (χ1v) is 4.15. The Balaban J connectivity index is 2.44. The summed E-state index contributed by atoms with van der Waals surface area (Å²) in [7, 11) is 5.62. The third kappa shape index (κ3) is 1.29. The third-order valence-electron chi connectivity index (χ3n) is 2.29. The number of rotatable bonds is 0. The molecule has 2 radical (unpaired) electrons. The minimum absolute atomic E-state index is 0.327. The smallest absolute Gasteiger partial charge is 0.137 e. The number of hydrogen-bond donors (Lipinski definition) is 0. The predicted octanol–water partition coefficient (Wildman–Crippen LogP) is 0.538. The second kappa shape index (κ2) is 2.78. The molecule has 1 aromatic carbocycles. The molecule has 1 aliphatic rings. The lowest BCUT2D eigenvalue weighted by Crippen LogP contribution is -2.16. The summed E-state index contributed by atoms with van der Waals surface area (Å²) >= 11 is 0. The van der Waals surface area contributed by atoms with Crippen molar-refractivity contribution >= 4 is 19.1 Å². The van der Waals surface area contributed by atoms with E-state index in [1.165, 1.54) is 5.56 Å². The van der Waals surface area contributed by atoms with Gasteiger partial charge in [0.25, 0.3) is 0 Å². The Hall–Kier alpha value is -1.05. The second-order valence-electron chi connectivity index (χ2n) is 3.24. The van der Waals surface area contributed by atoms with Crippen LogP contribution in [0.2, 0.25) is 0 Å². The summed E-state index contributed by atoms with van der Waals surface area (Å²) in [6, 6.07) is 5.83. The van der Waals surface area contributed by atoms with E-state index in [0.717, 1.165) is 17.4 Å². The fourth-order valence-corrected chi connectivity index (χ4v) is 1.63. The number of ketones is 1. The first-order valence-electron chi connectivity index (χ1n) is 4.15. The zero-order chi connectivity index (χ0) is 8.55. The predicted molar refractivity (Wildman–Crippen MR) is 48.9 cm³/mol. The van der Waals surface area contributed by atoms with Crippen LogP contribution in [0.5, 0.6) is 0 Å². The number of carbonyl (C=O) groups is 1. The number of carbonyl (C=O) groups excluding carboxylic acids is 1. The summed E-state index contributed by atoms with van der Waals surface area (Å²) in [5.41, 5.74) is 3.15. The van der Waals surface area contributed by atoms with Crippen molar-refractivity contribution in [2.75, 3.05) is 0 Å². The summed E-state index contributed by atoms with van der Waals surface area (Å²) in [6.07, 6.45) is 2.14. The summed E-state index contributed by atoms with van der Waals surface area (Å²) in [4.78, 5) is 11.1. The third-order valence-corrected chi connectivity index (χ3v) is 2.29. The van der Waals surface area contributed by atoms with Crippen LogP contribution in [0.4, 0.5) is 0 Å². The SMILES string of the molecule is [B]c1ccc2c(c1)CC(=O)CC2. The van der Waals surface area contributed by atoms with Gasteiger partial charge in [0, 0.05) is 12.8 Å². The average Bonchev–Trinajstić information content (AvgIpc) is 2.03. The number of Topliss-reactive ketones (excluding diaryl/α,β-unsaturated/α-hetero) is 1. The lowest BCUT2D eigenvalue weighted by atomic mass is 9.85. The van der Waals surface area contributed by atoms with Crippen molar-refractivity contribution in [2.24, 2.45) is 0 Å². The maximum atomic E-state index is 11.1. The van der Waals surface area contributed by atoms with Gasteiger partial charge in [-0.1, -0.05) is 23.7 Å². The zero-order valence-corrected chi connectivity index (χ0v) is 6.84. The second-order valence-corrected chi connectivity index (χ2v) is 3.24. The normalized spacial score (nSPS) is 15.8. The summed E-state index contributed by atoms with van der Waals surface area (Å²) in [5.74, 6) is 0.327. The van der Waals surface area contributed by atoms with Gasteiger partial charge in [-0.15, -0.1) is 0 Å². The molecule has 1 aromatic rings. The van der Waals surface area contributed by atoms with E-state index in [1.807, 2.05) is 18.2 Å². The highest BCUT2D eigenvalue weighted by Gasteiger charge is 2.14. The van der Waals surface area contributed by atoms with Gasteiger partial charge in [0.05, 0.1) is 0 Å². The summed E-state index contributed by atoms with van der Waals surface area (Å²) in [6.45, 7) is 0. The van der Waals surface area contributed by atoms with Crippen LogP contribution in [-0.2, 0) is 17.6 Å². The molecule has 2 rings (SSSR count). The molecule has 12 heavy (non-hydrogen) atoms. The van der Waals surface area contributed by atoms with E-state index in [4.69, 9.17) is 7.85 Å². The minimum atomic E-state index is 0.327. The van der Waals surface area contributed by atoms with Crippen molar-refractivity contribution < 1.29 is 4.79 Å². The van der Waals surface area contributed by atoms with Crippen molar-refractivity contribution in [2.45, 2.75) is 19.3 Å². The van der Waals surface area contributed by atoms with Crippen LogP contribution in [0.1, 0.15) is 17.5 Å². The van der Waals surface area contributed by atoms with Gasteiger partial charge in [-0.05, 0) is 17.5 Å². The Bertz CT molecular complexity index is 331. The van der Waals surface area contributed by atoms with E-state index in [9.17, 15) is 4.79 Å². The Morgan fingerprint density at radius 3 is 2.83 bits per heavy atom. The fraction of sp³-hybridized carbons (Fsp3) is 0.300. The van der Waals surface area contributed by atoms with E-state index in [1.54, 1.807) is 0 Å². The standard InChI is InChI=1S/C10H9BO/c11-9-3-1-7-2-4-10(12)6-8(7)5-9/h1,3,5H,2,4,6H2. The van der Waals surface area contributed by atoms with Crippen LogP contribution >= 0.6 is 0 Å². The molecule has 0 heterocycles. The van der Waals surface area contributed by atoms with Gasteiger partial charge in [0.2, 0.25) is 0 Å². The lowest BCUT2D eigenvalue weighted by Gasteiger charge is -2.14. The molecule has 0 spiro atoms. The van der Waals surface area contributed by atoms with Gasteiger partial charge < -0.3 is 0 Å². The number of benzene rings is 1. The molecule has 0 amide bonds. The Labute approximate surface area is 73.2 Å². The zero-order valence-electron chi connectivity index (χ0n) is 6.84. The molecule has 0 aromatic heterocycles. The molecule has 1 aliphatic carbocycles. The fourth-order valence-electron chi connectivity index (χ4n) is 1.63. The first kappa shape index (κ1) is 7.60. The highest BCUT2D eigenvalue weighted by molar-refractivity contribution is 6.32. The molecule has 0 unspecified atom stereocenters. The van der Waals surface area contributed by atoms with Crippen molar-refractivity contribution in [1.29, 1.82) is 0 Å². The molecular formula is C10H9BO. The molecule has 0 fully saturated rings. The van der Waals surface area contributed by atoms with E-state index < -0.39 is 0 Å². The van der Waals surface area contributed by atoms with E-state index in [0.29, 0.717) is 18.6 Å². The number of fused-ring (bicyclic) bond motifs is 1. The van der Waals surface area contributed by atoms with Gasteiger partial charge in [0.15, 0.2) is 0 Å². The van der Waals surface area contributed by atoms with E-state index in [-0.39, 0.29) is 0 Å². The summed E-state index contributed by atoms with van der Waals surface area (Å²) in [5, 5.41) is 0. The highest BCUT2D eigenvalue weighted by atomic mass is 16.1. The first-order chi connectivity index (χ1) is 5.75. The van der Waals surface area contributed by atoms with Gasteiger partial charge in [-0.2, -0.15) is 0 Å². The van der Waals surface area contributed by atoms with Gasteiger partial charge in [-0.3, -0.25) is 4.79 Å². The molecule has 0 saturated carbocycles. The number of aryl methyl sites for hydroxylation is 1. The average molecular weight is 156 g/mol. The van der Waals surface area contributed by atoms with Gasteiger partial charge >= 0.3 is 0 Å². The van der Waals surface area contributed by atoms with Crippen molar-refractivity contribution in [3.05, 3.63) is 29.3 Å². The maximum absolute atomic E-state index is 11.1. The van der Waals surface area contributed by atoms with Crippen molar-refractivity contribution in [3.63, 3.8) is 0 Å². The lowest BCUT2D eigenvalue weighted by molar-refractivity contribution is -0.118. The number of hydrogen-bond acceptors (Lipinski definition) is 1. The molecule has 0 aliphatic heterocycles. The topological polar surface area (TPSA) is 17.1 Å². The van der Waals surface area contributed by atoms with Crippen LogP contribution in [0.3, 0.4) is 0 Å². The molecule has 2 heteroatoms. The largest absolute Gasteiger partial charge is 0.299 e. The molecule has 0 saturated heterocycles. The Morgan fingerprint density at radius 2 is 2.00 bits per heavy atom.